The molecule has 0 radical (unpaired) electrons. The Morgan fingerprint density at radius 3 is 2.85 bits per heavy atom. The van der Waals surface area contributed by atoms with Gasteiger partial charge in [-0.3, -0.25) is 14.5 Å². The van der Waals surface area contributed by atoms with E-state index in [9.17, 15) is 14.4 Å². The first-order chi connectivity index (χ1) is 12.9. The van der Waals surface area contributed by atoms with Crippen LogP contribution >= 0.6 is 11.6 Å². The number of benzene rings is 1. The van der Waals surface area contributed by atoms with Crippen molar-refractivity contribution in [2.75, 3.05) is 13.7 Å². The Kier molecular flexibility index (Phi) is 5.60. The van der Waals surface area contributed by atoms with Crippen molar-refractivity contribution in [2.45, 2.75) is 44.8 Å². The lowest BCUT2D eigenvalue weighted by molar-refractivity contribution is -0.149. The number of halogens is 1. The topological polar surface area (TPSA) is 84.9 Å². The van der Waals surface area contributed by atoms with Crippen LogP contribution in [-0.4, -0.2) is 42.0 Å². The Bertz CT molecular complexity index is 768. The van der Waals surface area contributed by atoms with Gasteiger partial charge in [0.25, 0.3) is 5.91 Å². The number of amides is 3. The lowest BCUT2D eigenvalue weighted by Gasteiger charge is -2.36. The lowest BCUT2D eigenvalue weighted by Crippen LogP contribution is -2.54. The number of carbonyl (C=O) groups is 3. The Hall–Kier alpha value is -2.28. The third-order valence-electron chi connectivity index (χ3n) is 5.42. The van der Waals surface area contributed by atoms with Gasteiger partial charge in [0.15, 0.2) is 0 Å². The molecule has 0 unspecified atom stereocenters. The largest absolute Gasteiger partial charge is 0.496 e. The normalized spacial score (nSPS) is 24.9. The Balaban J connectivity index is 1.64. The van der Waals surface area contributed by atoms with Gasteiger partial charge in [-0.2, -0.15) is 0 Å². The molecule has 1 aromatic rings. The van der Waals surface area contributed by atoms with Crippen molar-refractivity contribution in [3.8, 4) is 5.75 Å². The summed E-state index contributed by atoms with van der Waals surface area (Å²) in [6, 6.07) is 4.45. The Morgan fingerprint density at radius 1 is 1.37 bits per heavy atom. The molecule has 7 nitrogen and oxygen atoms in total. The minimum Gasteiger partial charge on any atom is -0.496 e. The average molecular weight is 395 g/mol. The standard InChI is InChI=1S/C19H23ClN2O5/c1-12-5-3-4-8-19(12)17(24)22(18(25)21-19)10-16(23)27-11-13-9-14(20)6-7-15(13)26-2/h6-7,9,12H,3-5,8,10-11H2,1-2H3,(H,21,25)/t12-,19+/m1/s1. The summed E-state index contributed by atoms with van der Waals surface area (Å²) in [5.41, 5.74) is -0.279. The van der Waals surface area contributed by atoms with E-state index in [1.165, 1.54) is 7.11 Å². The number of ether oxygens (including phenoxy) is 2. The van der Waals surface area contributed by atoms with Gasteiger partial charge < -0.3 is 14.8 Å². The second-order valence-electron chi connectivity index (χ2n) is 7.06. The Labute approximate surface area is 162 Å². The quantitative estimate of drug-likeness (QED) is 0.613. The molecule has 27 heavy (non-hydrogen) atoms. The number of carbonyl (C=O) groups excluding carboxylic acids is 3. The van der Waals surface area contributed by atoms with Gasteiger partial charge in [0.2, 0.25) is 0 Å². The molecule has 146 valence electrons. The Morgan fingerprint density at radius 2 is 2.15 bits per heavy atom. The number of methoxy groups -OCH3 is 1. The monoisotopic (exact) mass is 394 g/mol. The first-order valence-corrected chi connectivity index (χ1v) is 9.37. The summed E-state index contributed by atoms with van der Waals surface area (Å²) < 4.78 is 10.4. The maximum absolute atomic E-state index is 12.9. The van der Waals surface area contributed by atoms with E-state index in [0.29, 0.717) is 22.8 Å². The zero-order chi connectivity index (χ0) is 19.6. The van der Waals surface area contributed by atoms with Crippen LogP contribution in [0.4, 0.5) is 4.79 Å². The van der Waals surface area contributed by atoms with Crippen molar-refractivity contribution in [1.82, 2.24) is 10.2 Å². The fourth-order valence-electron chi connectivity index (χ4n) is 3.83. The SMILES string of the molecule is COc1ccc(Cl)cc1COC(=O)CN1C(=O)N[C@]2(CCCC[C@H]2C)C1=O. The molecule has 8 heteroatoms. The molecule has 1 saturated carbocycles. The zero-order valence-corrected chi connectivity index (χ0v) is 16.2. The van der Waals surface area contributed by atoms with E-state index < -0.39 is 24.1 Å². The van der Waals surface area contributed by atoms with Crippen LogP contribution in [0.15, 0.2) is 18.2 Å². The minimum atomic E-state index is -0.883. The second-order valence-corrected chi connectivity index (χ2v) is 7.49. The van der Waals surface area contributed by atoms with Crippen molar-refractivity contribution < 1.29 is 23.9 Å². The number of nitrogens with zero attached hydrogens (tertiary/aromatic N) is 1. The maximum Gasteiger partial charge on any atom is 0.326 e. The highest BCUT2D eigenvalue weighted by Gasteiger charge is 2.55. The summed E-state index contributed by atoms with van der Waals surface area (Å²) in [5, 5.41) is 3.31. The molecule has 2 aliphatic rings. The lowest BCUT2D eigenvalue weighted by atomic mass is 9.73. The van der Waals surface area contributed by atoms with Gasteiger partial charge in [0.05, 0.1) is 7.11 Å². The predicted octanol–water partition coefficient (Wildman–Crippen LogP) is 2.89. The molecule has 2 atom stereocenters. The molecule has 1 saturated heterocycles. The van der Waals surface area contributed by atoms with E-state index in [2.05, 4.69) is 5.32 Å². The molecule has 0 aromatic heterocycles. The van der Waals surface area contributed by atoms with E-state index >= 15 is 0 Å². The van der Waals surface area contributed by atoms with Crippen LogP contribution in [0.2, 0.25) is 5.02 Å². The van der Waals surface area contributed by atoms with Crippen molar-refractivity contribution in [1.29, 1.82) is 0 Å². The van der Waals surface area contributed by atoms with Gasteiger partial charge in [0.1, 0.15) is 24.4 Å². The molecule has 3 rings (SSSR count). The average Bonchev–Trinajstić information content (AvgIpc) is 2.87. The summed E-state index contributed by atoms with van der Waals surface area (Å²) in [6.07, 6.45) is 3.39. The maximum atomic E-state index is 12.9. The highest BCUT2D eigenvalue weighted by molar-refractivity contribution is 6.30. The molecule has 1 N–H and O–H groups in total. The van der Waals surface area contributed by atoms with Crippen LogP contribution in [0.5, 0.6) is 5.75 Å². The van der Waals surface area contributed by atoms with Crippen molar-refractivity contribution in [3.63, 3.8) is 0 Å². The van der Waals surface area contributed by atoms with Crippen LogP contribution in [0.1, 0.15) is 38.2 Å². The van der Waals surface area contributed by atoms with E-state index in [4.69, 9.17) is 21.1 Å². The first kappa shape index (κ1) is 19.5. The van der Waals surface area contributed by atoms with Crippen LogP contribution < -0.4 is 10.1 Å². The first-order valence-electron chi connectivity index (χ1n) is 8.99. The molecule has 1 aliphatic heterocycles. The predicted molar refractivity (Wildman–Crippen MR) is 98.4 cm³/mol. The number of rotatable bonds is 5. The van der Waals surface area contributed by atoms with E-state index in [1.807, 2.05) is 6.92 Å². The van der Waals surface area contributed by atoms with Crippen LogP contribution in [0.3, 0.4) is 0 Å². The summed E-state index contributed by atoms with van der Waals surface area (Å²) in [5.74, 6) is -0.422. The number of imide groups is 1. The highest BCUT2D eigenvalue weighted by atomic mass is 35.5. The molecule has 3 amide bonds. The van der Waals surface area contributed by atoms with Gasteiger partial charge in [-0.05, 0) is 37.0 Å². The van der Waals surface area contributed by atoms with Gasteiger partial charge in [-0.1, -0.05) is 31.4 Å². The number of hydrogen-bond acceptors (Lipinski definition) is 5. The number of hydrogen-bond donors (Lipinski definition) is 1. The molecule has 2 fully saturated rings. The fourth-order valence-corrected chi connectivity index (χ4v) is 4.03. The minimum absolute atomic E-state index is 0.0412. The molecule has 1 spiro atoms. The molecular weight excluding hydrogens is 372 g/mol. The molecule has 1 heterocycles. The van der Waals surface area contributed by atoms with Crippen LogP contribution in [-0.2, 0) is 20.9 Å². The zero-order valence-electron chi connectivity index (χ0n) is 15.4. The number of urea groups is 1. The third-order valence-corrected chi connectivity index (χ3v) is 5.65. The molecule has 1 aromatic carbocycles. The van der Waals surface area contributed by atoms with Crippen LogP contribution in [0.25, 0.3) is 0 Å². The summed E-state index contributed by atoms with van der Waals surface area (Å²) >= 11 is 5.96. The highest BCUT2D eigenvalue weighted by Crippen LogP contribution is 2.38. The summed E-state index contributed by atoms with van der Waals surface area (Å²) in [6.45, 7) is 1.49. The van der Waals surface area contributed by atoms with Crippen molar-refractivity contribution >= 4 is 29.5 Å². The molecule has 0 bridgehead atoms. The van der Waals surface area contributed by atoms with Gasteiger partial charge in [-0.25, -0.2) is 4.79 Å². The number of esters is 1. The van der Waals surface area contributed by atoms with E-state index in [1.54, 1.807) is 18.2 Å². The fraction of sp³-hybridized carbons (Fsp3) is 0.526. The van der Waals surface area contributed by atoms with Gasteiger partial charge >= 0.3 is 12.0 Å². The van der Waals surface area contributed by atoms with Crippen molar-refractivity contribution in [2.24, 2.45) is 5.92 Å². The number of nitrogens with one attached hydrogen (secondary N) is 1. The summed E-state index contributed by atoms with van der Waals surface area (Å²) in [4.78, 5) is 38.4. The molecule has 1 aliphatic carbocycles. The van der Waals surface area contributed by atoms with E-state index in [-0.39, 0.29) is 18.4 Å². The third kappa shape index (κ3) is 3.74. The summed E-state index contributed by atoms with van der Waals surface area (Å²) in [7, 11) is 1.51. The molecular formula is C19H23ClN2O5. The van der Waals surface area contributed by atoms with Crippen molar-refractivity contribution in [3.05, 3.63) is 28.8 Å². The van der Waals surface area contributed by atoms with Gasteiger partial charge in [-0.15, -0.1) is 0 Å². The van der Waals surface area contributed by atoms with Gasteiger partial charge in [0, 0.05) is 10.6 Å². The second kappa shape index (κ2) is 7.76. The van der Waals surface area contributed by atoms with Crippen LogP contribution in [0, 0.1) is 5.92 Å². The smallest absolute Gasteiger partial charge is 0.326 e. The van der Waals surface area contributed by atoms with E-state index in [0.717, 1.165) is 24.2 Å².